The Morgan fingerprint density at radius 3 is 2.50 bits per heavy atom. The number of hydrogen-bond acceptors (Lipinski definition) is 4. The van der Waals surface area contributed by atoms with Gasteiger partial charge in [-0.25, -0.2) is 0 Å². The molecule has 0 aliphatic carbocycles. The van der Waals surface area contributed by atoms with E-state index in [0.29, 0.717) is 31.6 Å². The lowest BCUT2D eigenvalue weighted by atomic mass is 9.85. The van der Waals surface area contributed by atoms with Gasteiger partial charge in [0.25, 0.3) is 5.91 Å². The zero-order chi connectivity index (χ0) is 16.6. The van der Waals surface area contributed by atoms with Gasteiger partial charge in [-0.1, -0.05) is 0 Å². The highest BCUT2D eigenvalue weighted by Crippen LogP contribution is 2.42. The average molecular weight is 322 g/mol. The molecule has 122 valence electrons. The van der Waals surface area contributed by atoms with Crippen LogP contribution >= 0.6 is 0 Å². The number of amides is 2. The van der Waals surface area contributed by atoms with Crippen LogP contribution in [0.3, 0.4) is 0 Å². The SMILES string of the molecule is O=C(c1cccnc1)N1CCC2(CCN(c3cccnc3)C2=O)C1. The average Bonchev–Trinajstić information content (AvgIpc) is 3.21. The van der Waals surface area contributed by atoms with Crippen molar-refractivity contribution in [2.45, 2.75) is 12.8 Å². The number of nitrogens with zero attached hydrogens (tertiary/aromatic N) is 4. The summed E-state index contributed by atoms with van der Waals surface area (Å²) in [4.78, 5) is 37.3. The number of rotatable bonds is 2. The van der Waals surface area contributed by atoms with Gasteiger partial charge in [-0.05, 0) is 37.1 Å². The van der Waals surface area contributed by atoms with Crippen molar-refractivity contribution >= 4 is 17.5 Å². The van der Waals surface area contributed by atoms with Crippen LogP contribution in [0.2, 0.25) is 0 Å². The fraction of sp³-hybridized carbons (Fsp3) is 0.333. The van der Waals surface area contributed by atoms with Crippen molar-refractivity contribution in [1.82, 2.24) is 14.9 Å². The molecule has 6 heteroatoms. The van der Waals surface area contributed by atoms with Crippen LogP contribution in [-0.4, -0.2) is 46.3 Å². The number of likely N-dealkylation sites (tertiary alicyclic amines) is 1. The predicted octanol–water partition coefficient (Wildman–Crippen LogP) is 1.75. The molecule has 4 rings (SSSR count). The number of carbonyl (C=O) groups is 2. The van der Waals surface area contributed by atoms with E-state index in [1.165, 1.54) is 0 Å². The van der Waals surface area contributed by atoms with Gasteiger partial charge in [-0.2, -0.15) is 0 Å². The summed E-state index contributed by atoms with van der Waals surface area (Å²) < 4.78 is 0. The van der Waals surface area contributed by atoms with Crippen molar-refractivity contribution < 1.29 is 9.59 Å². The molecule has 2 saturated heterocycles. The summed E-state index contributed by atoms with van der Waals surface area (Å²) >= 11 is 0. The largest absolute Gasteiger partial charge is 0.337 e. The fourth-order valence-electron chi connectivity index (χ4n) is 3.68. The highest BCUT2D eigenvalue weighted by Gasteiger charge is 2.52. The Morgan fingerprint density at radius 1 is 1.04 bits per heavy atom. The van der Waals surface area contributed by atoms with Gasteiger partial charge < -0.3 is 9.80 Å². The van der Waals surface area contributed by atoms with Gasteiger partial charge in [0, 0.05) is 38.2 Å². The Kier molecular flexibility index (Phi) is 3.52. The van der Waals surface area contributed by atoms with Crippen LogP contribution in [0.25, 0.3) is 0 Å². The minimum Gasteiger partial charge on any atom is -0.337 e. The molecule has 1 spiro atoms. The van der Waals surface area contributed by atoms with Gasteiger partial charge in [0.1, 0.15) is 0 Å². The molecule has 2 amide bonds. The van der Waals surface area contributed by atoms with Crippen molar-refractivity contribution in [2.75, 3.05) is 24.5 Å². The van der Waals surface area contributed by atoms with Crippen LogP contribution in [0.5, 0.6) is 0 Å². The third-order valence-corrected chi connectivity index (χ3v) is 5.02. The van der Waals surface area contributed by atoms with E-state index in [1.54, 1.807) is 46.7 Å². The van der Waals surface area contributed by atoms with Gasteiger partial charge in [0.05, 0.1) is 22.9 Å². The van der Waals surface area contributed by atoms with Crippen LogP contribution in [-0.2, 0) is 4.79 Å². The summed E-state index contributed by atoms with van der Waals surface area (Å²) in [6.45, 7) is 1.77. The third kappa shape index (κ3) is 2.35. The van der Waals surface area contributed by atoms with Crippen molar-refractivity contribution in [2.24, 2.45) is 5.41 Å². The Bertz CT molecular complexity index is 765. The maximum atomic E-state index is 13.0. The van der Waals surface area contributed by atoms with Crippen LogP contribution in [0, 0.1) is 5.41 Å². The van der Waals surface area contributed by atoms with Gasteiger partial charge in [-0.3, -0.25) is 19.6 Å². The molecule has 4 heterocycles. The molecule has 6 nitrogen and oxygen atoms in total. The highest BCUT2D eigenvalue weighted by molar-refractivity contribution is 6.01. The van der Waals surface area contributed by atoms with Gasteiger partial charge >= 0.3 is 0 Å². The zero-order valence-electron chi connectivity index (χ0n) is 13.3. The van der Waals surface area contributed by atoms with Gasteiger partial charge in [-0.15, -0.1) is 0 Å². The second kappa shape index (κ2) is 5.70. The second-order valence-electron chi connectivity index (χ2n) is 6.42. The smallest absolute Gasteiger partial charge is 0.255 e. The molecule has 0 aromatic carbocycles. The van der Waals surface area contributed by atoms with E-state index in [9.17, 15) is 9.59 Å². The second-order valence-corrected chi connectivity index (χ2v) is 6.42. The normalized spacial score (nSPS) is 23.2. The van der Waals surface area contributed by atoms with E-state index < -0.39 is 5.41 Å². The maximum Gasteiger partial charge on any atom is 0.255 e. The molecule has 1 atom stereocenters. The standard InChI is InChI=1S/C18H18N4O2/c23-16(14-3-1-7-19-11-14)21-9-5-18(13-21)6-10-22(17(18)24)15-4-2-8-20-12-15/h1-4,7-8,11-12H,5-6,9-10,13H2. The lowest BCUT2D eigenvalue weighted by molar-refractivity contribution is -0.124. The first-order valence-electron chi connectivity index (χ1n) is 8.11. The molecular formula is C18H18N4O2. The van der Waals surface area contributed by atoms with Crippen LogP contribution in [0.15, 0.2) is 49.1 Å². The molecule has 0 radical (unpaired) electrons. The monoisotopic (exact) mass is 322 g/mol. The molecule has 2 aromatic heterocycles. The summed E-state index contributed by atoms with van der Waals surface area (Å²) in [5.74, 6) is 0.0598. The maximum absolute atomic E-state index is 13.0. The Labute approximate surface area is 140 Å². The number of aromatic nitrogens is 2. The number of hydrogen-bond donors (Lipinski definition) is 0. The van der Waals surface area contributed by atoms with Crippen molar-refractivity contribution in [3.05, 3.63) is 54.6 Å². The number of pyridine rings is 2. The van der Waals surface area contributed by atoms with Crippen molar-refractivity contribution in [1.29, 1.82) is 0 Å². The molecule has 2 aromatic rings. The molecule has 24 heavy (non-hydrogen) atoms. The summed E-state index contributed by atoms with van der Waals surface area (Å²) in [6, 6.07) is 7.25. The Balaban J connectivity index is 1.52. The Hall–Kier alpha value is -2.76. The van der Waals surface area contributed by atoms with Crippen LogP contribution in [0.4, 0.5) is 5.69 Å². The quantitative estimate of drug-likeness (QED) is 0.845. The molecule has 0 N–H and O–H groups in total. The summed E-state index contributed by atoms with van der Waals surface area (Å²) in [5.41, 5.74) is 0.953. The first-order chi connectivity index (χ1) is 11.7. The van der Waals surface area contributed by atoms with Crippen LogP contribution < -0.4 is 4.90 Å². The zero-order valence-corrected chi connectivity index (χ0v) is 13.3. The molecule has 2 fully saturated rings. The van der Waals surface area contributed by atoms with E-state index in [-0.39, 0.29) is 11.8 Å². The molecule has 0 bridgehead atoms. The predicted molar refractivity (Wildman–Crippen MR) is 88.4 cm³/mol. The van der Waals surface area contributed by atoms with Gasteiger partial charge in [0.2, 0.25) is 5.91 Å². The summed E-state index contributed by atoms with van der Waals surface area (Å²) in [7, 11) is 0. The molecule has 1 unspecified atom stereocenters. The van der Waals surface area contributed by atoms with Crippen molar-refractivity contribution in [3.63, 3.8) is 0 Å². The van der Waals surface area contributed by atoms with E-state index in [0.717, 1.165) is 12.1 Å². The minimum atomic E-state index is -0.451. The van der Waals surface area contributed by atoms with E-state index in [2.05, 4.69) is 9.97 Å². The number of carbonyl (C=O) groups excluding carboxylic acids is 2. The minimum absolute atomic E-state index is 0.0485. The summed E-state index contributed by atoms with van der Waals surface area (Å²) in [6.07, 6.45) is 8.13. The lowest BCUT2D eigenvalue weighted by Gasteiger charge is -2.23. The first-order valence-corrected chi connectivity index (χ1v) is 8.11. The van der Waals surface area contributed by atoms with Crippen LogP contribution in [0.1, 0.15) is 23.2 Å². The van der Waals surface area contributed by atoms with E-state index >= 15 is 0 Å². The van der Waals surface area contributed by atoms with E-state index in [4.69, 9.17) is 0 Å². The third-order valence-electron chi connectivity index (χ3n) is 5.02. The first kappa shape index (κ1) is 14.8. The Morgan fingerprint density at radius 2 is 1.79 bits per heavy atom. The van der Waals surface area contributed by atoms with Gasteiger partial charge in [0.15, 0.2) is 0 Å². The molecular weight excluding hydrogens is 304 g/mol. The molecule has 0 saturated carbocycles. The fourth-order valence-corrected chi connectivity index (χ4v) is 3.68. The van der Waals surface area contributed by atoms with E-state index in [1.807, 2.05) is 12.1 Å². The molecule has 2 aliphatic rings. The van der Waals surface area contributed by atoms with Crippen molar-refractivity contribution in [3.8, 4) is 0 Å². The number of anilines is 1. The topological polar surface area (TPSA) is 66.4 Å². The highest BCUT2D eigenvalue weighted by atomic mass is 16.2. The molecule has 2 aliphatic heterocycles. The summed E-state index contributed by atoms with van der Waals surface area (Å²) in [5, 5.41) is 0. The lowest BCUT2D eigenvalue weighted by Crippen LogP contribution is -2.38.